The van der Waals surface area contributed by atoms with Gasteiger partial charge in [-0.3, -0.25) is 0 Å². The summed E-state index contributed by atoms with van der Waals surface area (Å²) in [7, 11) is -3.67. The molecule has 0 spiro atoms. The molecule has 0 atom stereocenters. The van der Waals surface area contributed by atoms with Crippen LogP contribution in [0.2, 0.25) is 0 Å². The van der Waals surface area contributed by atoms with Crippen molar-refractivity contribution in [3.8, 4) is 0 Å². The average molecular weight is 292 g/mol. The summed E-state index contributed by atoms with van der Waals surface area (Å²) in [6.07, 6.45) is 0. The summed E-state index contributed by atoms with van der Waals surface area (Å²) in [4.78, 5) is 0.185. The molecule has 0 unspecified atom stereocenters. The lowest BCUT2D eigenvalue weighted by Gasteiger charge is -2.23. The minimum atomic E-state index is -3.67. The van der Waals surface area contributed by atoms with Crippen molar-refractivity contribution in [2.75, 3.05) is 0 Å². The molecule has 1 rings (SSSR count). The van der Waals surface area contributed by atoms with Gasteiger partial charge in [0.15, 0.2) is 0 Å². The fourth-order valence-corrected chi connectivity index (χ4v) is 3.53. The zero-order valence-electron chi connectivity index (χ0n) is 8.91. The normalized spacial score (nSPS) is 12.9. The lowest BCUT2D eigenvalue weighted by Crippen LogP contribution is -2.21. The van der Waals surface area contributed by atoms with Crippen molar-refractivity contribution in [1.29, 1.82) is 0 Å². The van der Waals surface area contributed by atoms with E-state index in [0.717, 1.165) is 4.47 Å². The molecule has 0 aliphatic rings. The van der Waals surface area contributed by atoms with Crippen LogP contribution in [0, 0.1) is 0 Å². The lowest BCUT2D eigenvalue weighted by atomic mass is 9.87. The molecule has 0 radical (unpaired) electrons. The van der Waals surface area contributed by atoms with Gasteiger partial charge in [0.25, 0.3) is 0 Å². The van der Waals surface area contributed by atoms with Crippen LogP contribution in [0.3, 0.4) is 0 Å². The van der Waals surface area contributed by atoms with Crippen LogP contribution in [0.5, 0.6) is 0 Å². The fourth-order valence-electron chi connectivity index (χ4n) is 1.47. The van der Waals surface area contributed by atoms with Gasteiger partial charge in [0.2, 0.25) is 10.0 Å². The van der Waals surface area contributed by atoms with Crippen molar-refractivity contribution < 1.29 is 8.42 Å². The van der Waals surface area contributed by atoms with E-state index >= 15 is 0 Å². The summed E-state index contributed by atoms with van der Waals surface area (Å²) in [5.41, 5.74) is 0.439. The van der Waals surface area contributed by atoms with Crippen molar-refractivity contribution >= 4 is 26.0 Å². The molecule has 0 saturated heterocycles. The highest BCUT2D eigenvalue weighted by Crippen LogP contribution is 2.34. The molecule has 2 N–H and O–H groups in total. The molecule has 84 valence electrons. The van der Waals surface area contributed by atoms with Gasteiger partial charge < -0.3 is 0 Å². The number of hydrogen-bond donors (Lipinski definition) is 1. The summed E-state index contributed by atoms with van der Waals surface area (Å²) >= 11 is 3.36. The van der Waals surface area contributed by atoms with E-state index in [4.69, 9.17) is 5.14 Å². The van der Waals surface area contributed by atoms with Gasteiger partial charge in [-0.1, -0.05) is 42.8 Å². The predicted octanol–water partition coefficient (Wildman–Crippen LogP) is 2.39. The van der Waals surface area contributed by atoms with E-state index in [9.17, 15) is 8.42 Å². The molecule has 0 aromatic heterocycles. The highest BCUT2D eigenvalue weighted by molar-refractivity contribution is 9.10. The molecular weight excluding hydrogens is 278 g/mol. The zero-order valence-corrected chi connectivity index (χ0v) is 11.3. The largest absolute Gasteiger partial charge is 0.238 e. The Labute approximate surface area is 98.9 Å². The van der Waals surface area contributed by atoms with Gasteiger partial charge in [0, 0.05) is 4.47 Å². The van der Waals surface area contributed by atoms with Gasteiger partial charge in [-0.2, -0.15) is 0 Å². The number of benzene rings is 1. The molecule has 5 heteroatoms. The first kappa shape index (κ1) is 12.7. The molecule has 1 aromatic carbocycles. The van der Waals surface area contributed by atoms with E-state index in [0.29, 0.717) is 5.56 Å². The Morgan fingerprint density at radius 1 is 1.27 bits per heavy atom. The van der Waals surface area contributed by atoms with Crippen molar-refractivity contribution in [2.24, 2.45) is 5.14 Å². The molecular formula is C10H14BrNO2S. The minimum absolute atomic E-state index is 0.185. The Hall–Kier alpha value is -0.390. The maximum atomic E-state index is 11.4. The van der Waals surface area contributed by atoms with Gasteiger partial charge in [-0.25, -0.2) is 13.6 Å². The minimum Gasteiger partial charge on any atom is -0.225 e. The van der Waals surface area contributed by atoms with Crippen molar-refractivity contribution in [2.45, 2.75) is 31.1 Å². The summed E-state index contributed by atoms with van der Waals surface area (Å²) in [5, 5.41) is 5.17. The molecule has 1 aromatic rings. The topological polar surface area (TPSA) is 60.2 Å². The van der Waals surface area contributed by atoms with Crippen molar-refractivity contribution in [3.05, 3.63) is 28.2 Å². The number of rotatable bonds is 1. The molecule has 0 aliphatic carbocycles. The van der Waals surface area contributed by atoms with E-state index in [1.807, 2.05) is 26.8 Å². The van der Waals surface area contributed by atoms with E-state index in [2.05, 4.69) is 15.9 Å². The third-order valence-corrected chi connectivity index (χ3v) is 3.65. The SMILES string of the molecule is CC(C)(C)c1c(Br)cccc1S(N)(=O)=O. The van der Waals surface area contributed by atoms with Crippen LogP contribution < -0.4 is 5.14 Å². The second-order valence-corrected chi connectivity index (χ2v) is 6.79. The molecule has 0 bridgehead atoms. The highest BCUT2D eigenvalue weighted by atomic mass is 79.9. The summed E-state index contributed by atoms with van der Waals surface area (Å²) in [6.45, 7) is 5.84. The summed E-state index contributed by atoms with van der Waals surface area (Å²) in [5.74, 6) is 0. The second-order valence-electron chi connectivity index (χ2n) is 4.41. The van der Waals surface area contributed by atoms with Gasteiger partial charge in [-0.05, 0) is 23.1 Å². The molecule has 0 saturated carbocycles. The Bertz CT molecular complexity index is 475. The predicted molar refractivity (Wildman–Crippen MR) is 64.2 cm³/mol. The molecule has 0 amide bonds. The number of halogens is 1. The number of sulfonamides is 1. The molecule has 0 heterocycles. The van der Waals surface area contributed by atoms with Crippen molar-refractivity contribution in [1.82, 2.24) is 0 Å². The molecule has 3 nitrogen and oxygen atoms in total. The fraction of sp³-hybridized carbons (Fsp3) is 0.400. The van der Waals surface area contributed by atoms with Crippen molar-refractivity contribution in [3.63, 3.8) is 0 Å². The number of hydrogen-bond acceptors (Lipinski definition) is 2. The smallest absolute Gasteiger partial charge is 0.225 e. The standard InChI is InChI=1S/C10H14BrNO2S/c1-10(2,3)9-7(11)5-4-6-8(9)15(12,13)14/h4-6H,1-3H3,(H2,12,13,14). The Kier molecular flexibility index (Phi) is 3.28. The highest BCUT2D eigenvalue weighted by Gasteiger charge is 2.25. The van der Waals surface area contributed by atoms with Crippen LogP contribution in [-0.4, -0.2) is 8.42 Å². The van der Waals surface area contributed by atoms with Crippen LogP contribution >= 0.6 is 15.9 Å². The first-order valence-corrected chi connectivity index (χ1v) is 6.80. The van der Waals surface area contributed by atoms with Gasteiger partial charge in [-0.15, -0.1) is 0 Å². The number of nitrogens with two attached hydrogens (primary N) is 1. The van der Waals surface area contributed by atoms with Crippen LogP contribution in [0.25, 0.3) is 0 Å². The Balaban J connectivity index is 3.63. The second kappa shape index (κ2) is 3.88. The van der Waals surface area contributed by atoms with Gasteiger partial charge in [0.1, 0.15) is 0 Å². The average Bonchev–Trinajstić information content (AvgIpc) is 1.99. The van der Waals surface area contributed by atoms with Crippen LogP contribution in [-0.2, 0) is 15.4 Å². The van der Waals surface area contributed by atoms with Crippen LogP contribution in [0.4, 0.5) is 0 Å². The van der Waals surface area contributed by atoms with Gasteiger partial charge in [0.05, 0.1) is 4.90 Å². The van der Waals surface area contributed by atoms with Crippen LogP contribution in [0.15, 0.2) is 27.6 Å². The molecule has 15 heavy (non-hydrogen) atoms. The maximum absolute atomic E-state index is 11.4. The van der Waals surface area contributed by atoms with E-state index in [1.165, 1.54) is 6.07 Å². The lowest BCUT2D eigenvalue weighted by molar-refractivity contribution is 0.559. The third-order valence-electron chi connectivity index (χ3n) is 2.03. The maximum Gasteiger partial charge on any atom is 0.238 e. The monoisotopic (exact) mass is 291 g/mol. The van der Waals surface area contributed by atoms with E-state index < -0.39 is 10.0 Å². The Morgan fingerprint density at radius 2 is 1.80 bits per heavy atom. The Morgan fingerprint density at radius 3 is 2.13 bits per heavy atom. The first-order valence-electron chi connectivity index (χ1n) is 4.46. The van der Waals surface area contributed by atoms with E-state index in [1.54, 1.807) is 6.07 Å². The summed E-state index contributed by atoms with van der Waals surface area (Å²) < 4.78 is 23.6. The van der Waals surface area contributed by atoms with E-state index in [-0.39, 0.29) is 10.3 Å². The van der Waals surface area contributed by atoms with Crippen LogP contribution in [0.1, 0.15) is 26.3 Å². The molecule has 0 aliphatic heterocycles. The quantitative estimate of drug-likeness (QED) is 0.864. The first-order chi connectivity index (χ1) is 6.64. The zero-order chi connectivity index (χ0) is 11.9. The molecule has 0 fully saturated rings. The summed E-state index contributed by atoms with van der Waals surface area (Å²) in [6, 6.07) is 5.01. The third kappa shape index (κ3) is 2.80. The number of primary sulfonamides is 1. The van der Waals surface area contributed by atoms with Gasteiger partial charge >= 0.3 is 0 Å².